The van der Waals surface area contributed by atoms with Gasteiger partial charge in [-0.25, -0.2) is 9.97 Å². The van der Waals surface area contributed by atoms with Crippen LogP contribution in [0.1, 0.15) is 47.0 Å². The molecule has 1 unspecified atom stereocenters. The molecule has 1 atom stereocenters. The van der Waals surface area contributed by atoms with Crippen molar-refractivity contribution in [1.29, 1.82) is 0 Å². The second-order valence-corrected chi connectivity index (χ2v) is 9.68. The third-order valence-electron chi connectivity index (χ3n) is 5.98. The first kappa shape index (κ1) is 21.1. The minimum atomic E-state index is -0.398. The van der Waals surface area contributed by atoms with Gasteiger partial charge in [-0.05, 0) is 59.4 Å². The predicted octanol–water partition coefficient (Wildman–Crippen LogP) is 1.93. The molecule has 1 aromatic heterocycles. The highest BCUT2D eigenvalue weighted by Crippen LogP contribution is 2.36. The molecule has 2 aliphatic heterocycles. The number of piperidine rings is 1. The first-order chi connectivity index (χ1) is 12.8. The number of likely N-dealkylation sites (tertiary alicyclic amines) is 1. The van der Waals surface area contributed by atoms with Crippen LogP contribution in [0.2, 0.25) is 0 Å². The van der Waals surface area contributed by atoms with E-state index in [1.165, 1.54) is 32.4 Å². The maximum Gasteiger partial charge on any atom is 0.498 e. The topological polar surface area (TPSA) is 73.5 Å². The number of rotatable bonds is 7. The molecule has 0 aromatic carbocycles. The van der Waals surface area contributed by atoms with Crippen molar-refractivity contribution in [1.82, 2.24) is 14.9 Å². The fraction of sp³-hybridized carbons (Fsp3) is 0.789. The Morgan fingerprint density at radius 2 is 1.89 bits per heavy atom. The molecule has 0 spiro atoms. The highest BCUT2D eigenvalue weighted by atomic mass is 32.2. The summed E-state index contributed by atoms with van der Waals surface area (Å²) in [6.45, 7) is 12.4. The lowest BCUT2D eigenvalue weighted by atomic mass is 9.81. The quantitative estimate of drug-likeness (QED) is 0.432. The third kappa shape index (κ3) is 5.23. The first-order valence-corrected chi connectivity index (χ1v) is 11.0. The van der Waals surface area contributed by atoms with Gasteiger partial charge in [0.15, 0.2) is 5.16 Å². The molecule has 150 valence electrons. The molecule has 2 fully saturated rings. The Balaban J connectivity index is 1.46. The average Bonchev–Trinajstić information content (AvgIpc) is 2.84. The monoisotopic (exact) mass is 392 g/mol. The second-order valence-electron chi connectivity index (χ2n) is 8.62. The SMILES string of the molecule is CC1(C)OB(c2cnc(SCCC3CCCN(CCN)C3)nc2)OC1(C)C. The van der Waals surface area contributed by atoms with Crippen LogP contribution in [-0.4, -0.2) is 65.1 Å². The zero-order valence-corrected chi connectivity index (χ0v) is 17.9. The normalized spacial score (nSPS) is 25.1. The summed E-state index contributed by atoms with van der Waals surface area (Å²) in [5, 5.41) is 0.824. The van der Waals surface area contributed by atoms with Crippen LogP contribution >= 0.6 is 11.8 Å². The lowest BCUT2D eigenvalue weighted by Crippen LogP contribution is -2.41. The number of nitrogens with two attached hydrogens (primary N) is 1. The molecule has 2 saturated heterocycles. The van der Waals surface area contributed by atoms with Gasteiger partial charge in [-0.15, -0.1) is 0 Å². The van der Waals surface area contributed by atoms with Crippen molar-refractivity contribution >= 4 is 24.3 Å². The fourth-order valence-electron chi connectivity index (χ4n) is 3.59. The molecule has 27 heavy (non-hydrogen) atoms. The van der Waals surface area contributed by atoms with Gasteiger partial charge in [-0.3, -0.25) is 0 Å². The lowest BCUT2D eigenvalue weighted by Gasteiger charge is -2.32. The molecular weight excluding hydrogens is 359 g/mol. The van der Waals surface area contributed by atoms with Gasteiger partial charge in [-0.2, -0.15) is 0 Å². The Morgan fingerprint density at radius 1 is 1.22 bits per heavy atom. The highest BCUT2D eigenvalue weighted by molar-refractivity contribution is 7.99. The van der Waals surface area contributed by atoms with Crippen LogP contribution in [0, 0.1) is 5.92 Å². The van der Waals surface area contributed by atoms with Crippen molar-refractivity contribution < 1.29 is 9.31 Å². The summed E-state index contributed by atoms with van der Waals surface area (Å²) in [5.74, 6) is 1.82. The summed E-state index contributed by atoms with van der Waals surface area (Å²) >= 11 is 1.73. The second kappa shape index (κ2) is 8.78. The van der Waals surface area contributed by atoms with E-state index >= 15 is 0 Å². The van der Waals surface area contributed by atoms with E-state index in [4.69, 9.17) is 15.0 Å². The van der Waals surface area contributed by atoms with Crippen molar-refractivity contribution in [3.63, 3.8) is 0 Å². The van der Waals surface area contributed by atoms with Gasteiger partial charge in [0.05, 0.1) is 11.2 Å². The van der Waals surface area contributed by atoms with Gasteiger partial charge >= 0.3 is 7.12 Å². The van der Waals surface area contributed by atoms with Gasteiger partial charge in [-0.1, -0.05) is 11.8 Å². The van der Waals surface area contributed by atoms with Crippen LogP contribution < -0.4 is 11.2 Å². The maximum absolute atomic E-state index is 6.06. The summed E-state index contributed by atoms with van der Waals surface area (Å²) in [6, 6.07) is 0. The maximum atomic E-state index is 6.06. The van der Waals surface area contributed by atoms with Crippen LogP contribution in [0.3, 0.4) is 0 Å². The van der Waals surface area contributed by atoms with E-state index in [-0.39, 0.29) is 11.2 Å². The lowest BCUT2D eigenvalue weighted by molar-refractivity contribution is 0.00578. The van der Waals surface area contributed by atoms with E-state index in [0.717, 1.165) is 35.4 Å². The van der Waals surface area contributed by atoms with Gasteiger partial charge < -0.3 is 19.9 Å². The number of nitrogens with zero attached hydrogens (tertiary/aromatic N) is 3. The molecule has 1 aromatic rings. The van der Waals surface area contributed by atoms with Crippen LogP contribution in [-0.2, 0) is 9.31 Å². The molecule has 2 aliphatic rings. The summed E-state index contributed by atoms with van der Waals surface area (Å²) in [6.07, 6.45) is 7.48. The van der Waals surface area contributed by atoms with Crippen molar-refractivity contribution in [2.75, 3.05) is 31.9 Å². The molecule has 2 N–H and O–H groups in total. The average molecular weight is 392 g/mol. The molecule has 0 amide bonds. The highest BCUT2D eigenvalue weighted by Gasteiger charge is 2.51. The number of thioether (sulfide) groups is 1. The Morgan fingerprint density at radius 3 is 2.52 bits per heavy atom. The number of aromatic nitrogens is 2. The molecule has 8 heteroatoms. The van der Waals surface area contributed by atoms with Crippen LogP contribution in [0.5, 0.6) is 0 Å². The van der Waals surface area contributed by atoms with Crippen LogP contribution in [0.4, 0.5) is 0 Å². The minimum Gasteiger partial charge on any atom is -0.399 e. The molecule has 6 nitrogen and oxygen atoms in total. The first-order valence-electron chi connectivity index (χ1n) is 10.0. The molecule has 0 bridgehead atoms. The predicted molar refractivity (Wildman–Crippen MR) is 111 cm³/mol. The van der Waals surface area contributed by atoms with E-state index in [9.17, 15) is 0 Å². The van der Waals surface area contributed by atoms with E-state index in [1.807, 2.05) is 12.4 Å². The van der Waals surface area contributed by atoms with Crippen LogP contribution in [0.25, 0.3) is 0 Å². The van der Waals surface area contributed by atoms with Gasteiger partial charge in [0.2, 0.25) is 0 Å². The number of hydrogen-bond acceptors (Lipinski definition) is 7. The Hall–Kier alpha value is -0.665. The van der Waals surface area contributed by atoms with Gasteiger partial charge in [0.25, 0.3) is 0 Å². The van der Waals surface area contributed by atoms with Crippen LogP contribution in [0.15, 0.2) is 17.6 Å². The summed E-state index contributed by atoms with van der Waals surface area (Å²) in [7, 11) is -0.398. The molecular formula is C19H33BN4O2S. The third-order valence-corrected chi connectivity index (χ3v) is 6.89. The number of hydrogen-bond donors (Lipinski definition) is 1. The molecule has 3 rings (SSSR count). The fourth-order valence-corrected chi connectivity index (χ4v) is 4.48. The summed E-state index contributed by atoms with van der Waals surface area (Å²) < 4.78 is 12.1. The van der Waals surface area contributed by atoms with Crippen molar-refractivity contribution in [3.05, 3.63) is 12.4 Å². The zero-order valence-electron chi connectivity index (χ0n) is 17.1. The van der Waals surface area contributed by atoms with E-state index in [1.54, 1.807) is 11.8 Å². The standard InChI is InChI=1S/C19H33BN4O2S/c1-18(2)19(3,4)26-20(25-18)16-12-22-17(23-13-16)27-11-7-15-6-5-9-24(14-15)10-8-21/h12-13,15H,5-11,14,21H2,1-4H3. The Bertz CT molecular complexity index is 596. The summed E-state index contributed by atoms with van der Waals surface area (Å²) in [4.78, 5) is 11.5. The summed E-state index contributed by atoms with van der Waals surface area (Å²) in [5.41, 5.74) is 5.88. The Kier molecular flexibility index (Phi) is 6.85. The van der Waals surface area contributed by atoms with Gasteiger partial charge in [0, 0.05) is 43.2 Å². The van der Waals surface area contributed by atoms with Crippen molar-refractivity contribution in [2.24, 2.45) is 11.7 Å². The largest absolute Gasteiger partial charge is 0.498 e. The zero-order chi connectivity index (χ0) is 19.5. The minimum absolute atomic E-state index is 0.344. The van der Waals surface area contributed by atoms with Gasteiger partial charge in [0.1, 0.15) is 0 Å². The van der Waals surface area contributed by atoms with Crippen molar-refractivity contribution in [3.8, 4) is 0 Å². The molecule has 0 radical (unpaired) electrons. The van der Waals surface area contributed by atoms with E-state index < -0.39 is 7.12 Å². The smallest absolute Gasteiger partial charge is 0.399 e. The molecule has 3 heterocycles. The van der Waals surface area contributed by atoms with E-state index in [2.05, 4.69) is 42.6 Å². The molecule has 0 aliphatic carbocycles. The molecule has 0 saturated carbocycles. The van der Waals surface area contributed by atoms with Crippen molar-refractivity contribution in [2.45, 2.75) is 63.3 Å². The van der Waals surface area contributed by atoms with E-state index in [0.29, 0.717) is 0 Å². The Labute approximate surface area is 168 Å².